The number of carbonyl (C=O) groups is 3. The number of nitrogens with one attached hydrogen (secondary N) is 1. The molecule has 0 atom stereocenters. The SMILES string of the molecule is CC(C)(C)OC(=O)N1CCC(c2cc(C(N)=O)c3[nH]c4cc(C(=O)N5CCOCC5)ccc4c3c2)CC1. The van der Waals surface area contributed by atoms with Gasteiger partial charge in [0, 0.05) is 48.0 Å². The predicted octanol–water partition coefficient (Wildman–Crippen LogP) is 4.01. The monoisotopic (exact) mass is 506 g/mol. The first-order chi connectivity index (χ1) is 17.6. The average molecular weight is 507 g/mol. The number of piperidine rings is 1. The van der Waals surface area contributed by atoms with Gasteiger partial charge in [0.15, 0.2) is 0 Å². The van der Waals surface area contributed by atoms with Crippen LogP contribution in [0.5, 0.6) is 0 Å². The van der Waals surface area contributed by atoms with Gasteiger partial charge in [0.25, 0.3) is 11.8 Å². The predicted molar refractivity (Wildman–Crippen MR) is 141 cm³/mol. The van der Waals surface area contributed by atoms with E-state index in [0.717, 1.165) is 34.7 Å². The first kappa shape index (κ1) is 25.1. The van der Waals surface area contributed by atoms with Crippen LogP contribution in [-0.2, 0) is 9.47 Å². The minimum absolute atomic E-state index is 0.0311. The molecular weight excluding hydrogens is 472 g/mol. The van der Waals surface area contributed by atoms with Crippen LogP contribution in [0.1, 0.15) is 65.8 Å². The van der Waals surface area contributed by atoms with Gasteiger partial charge >= 0.3 is 6.09 Å². The van der Waals surface area contributed by atoms with Crippen molar-refractivity contribution in [1.82, 2.24) is 14.8 Å². The molecular formula is C28H34N4O5. The zero-order valence-electron chi connectivity index (χ0n) is 21.6. The van der Waals surface area contributed by atoms with Crippen LogP contribution in [0.2, 0.25) is 0 Å². The maximum absolute atomic E-state index is 13.0. The quantitative estimate of drug-likeness (QED) is 0.557. The summed E-state index contributed by atoms with van der Waals surface area (Å²) in [6.07, 6.45) is 1.24. The number of likely N-dealkylation sites (tertiary alicyclic amines) is 1. The Morgan fingerprint density at radius 1 is 0.973 bits per heavy atom. The smallest absolute Gasteiger partial charge is 0.410 e. The van der Waals surface area contributed by atoms with Gasteiger partial charge < -0.3 is 30.0 Å². The number of amides is 3. The summed E-state index contributed by atoms with van der Waals surface area (Å²) in [5.74, 6) is -0.348. The Bertz CT molecular complexity index is 1360. The molecule has 2 aromatic carbocycles. The summed E-state index contributed by atoms with van der Waals surface area (Å²) in [4.78, 5) is 44.8. The van der Waals surface area contributed by atoms with Gasteiger partial charge in [0.1, 0.15) is 5.60 Å². The molecule has 2 aliphatic heterocycles. The number of benzene rings is 2. The summed E-state index contributed by atoms with van der Waals surface area (Å²) < 4.78 is 10.9. The molecule has 3 amide bonds. The van der Waals surface area contributed by atoms with Gasteiger partial charge in [-0.2, -0.15) is 0 Å². The highest BCUT2D eigenvalue weighted by Crippen LogP contribution is 2.35. The van der Waals surface area contributed by atoms with E-state index in [1.807, 2.05) is 45.0 Å². The van der Waals surface area contributed by atoms with Crippen molar-refractivity contribution >= 4 is 39.7 Å². The van der Waals surface area contributed by atoms with Gasteiger partial charge in [0.2, 0.25) is 0 Å². The number of hydrogen-bond donors (Lipinski definition) is 2. The van der Waals surface area contributed by atoms with Crippen LogP contribution in [0.3, 0.4) is 0 Å². The van der Waals surface area contributed by atoms with Crippen molar-refractivity contribution in [2.75, 3.05) is 39.4 Å². The van der Waals surface area contributed by atoms with E-state index in [1.165, 1.54) is 0 Å². The Kier molecular flexibility index (Phi) is 6.58. The molecule has 2 fully saturated rings. The number of fused-ring (bicyclic) bond motifs is 3. The second kappa shape index (κ2) is 9.70. The molecule has 0 saturated carbocycles. The molecule has 0 bridgehead atoms. The van der Waals surface area contributed by atoms with Crippen LogP contribution < -0.4 is 5.73 Å². The Morgan fingerprint density at radius 3 is 2.32 bits per heavy atom. The van der Waals surface area contributed by atoms with Crippen LogP contribution in [0, 0.1) is 0 Å². The minimum Gasteiger partial charge on any atom is -0.444 e. The lowest BCUT2D eigenvalue weighted by Crippen LogP contribution is -2.41. The van der Waals surface area contributed by atoms with Gasteiger partial charge in [-0.3, -0.25) is 9.59 Å². The lowest BCUT2D eigenvalue weighted by molar-refractivity contribution is 0.0204. The third-order valence-electron chi connectivity index (χ3n) is 7.16. The number of morpholine rings is 1. The van der Waals surface area contributed by atoms with E-state index in [-0.39, 0.29) is 17.9 Å². The summed E-state index contributed by atoms with van der Waals surface area (Å²) in [5, 5.41) is 1.84. The fourth-order valence-corrected chi connectivity index (χ4v) is 5.26. The molecule has 0 spiro atoms. The summed E-state index contributed by atoms with van der Waals surface area (Å²) in [7, 11) is 0. The number of aromatic nitrogens is 1. The number of nitrogens with two attached hydrogens (primary N) is 1. The van der Waals surface area contributed by atoms with E-state index in [9.17, 15) is 14.4 Å². The zero-order valence-corrected chi connectivity index (χ0v) is 21.6. The lowest BCUT2D eigenvalue weighted by Gasteiger charge is -2.33. The number of rotatable bonds is 3. The fourth-order valence-electron chi connectivity index (χ4n) is 5.26. The van der Waals surface area contributed by atoms with Crippen molar-refractivity contribution in [2.24, 2.45) is 5.73 Å². The molecule has 3 heterocycles. The van der Waals surface area contributed by atoms with Gasteiger partial charge in [-0.25, -0.2) is 4.79 Å². The molecule has 0 radical (unpaired) electrons. The van der Waals surface area contributed by atoms with E-state index in [1.54, 1.807) is 9.80 Å². The van der Waals surface area contributed by atoms with Crippen molar-refractivity contribution in [1.29, 1.82) is 0 Å². The third-order valence-corrected chi connectivity index (χ3v) is 7.16. The number of carbonyl (C=O) groups excluding carboxylic acids is 3. The van der Waals surface area contributed by atoms with Gasteiger partial charge in [-0.05, 0) is 69.4 Å². The summed E-state index contributed by atoms with van der Waals surface area (Å²) >= 11 is 0. The molecule has 0 aliphatic carbocycles. The third kappa shape index (κ3) is 5.13. The largest absolute Gasteiger partial charge is 0.444 e. The average Bonchev–Trinajstić information content (AvgIpc) is 3.25. The van der Waals surface area contributed by atoms with Crippen LogP contribution in [0.25, 0.3) is 21.8 Å². The second-order valence-electron chi connectivity index (χ2n) is 10.9. The maximum atomic E-state index is 13.0. The maximum Gasteiger partial charge on any atom is 0.410 e. The van der Waals surface area contributed by atoms with Crippen molar-refractivity contribution in [3.8, 4) is 0 Å². The lowest BCUT2D eigenvalue weighted by atomic mass is 9.87. The van der Waals surface area contributed by atoms with Crippen LogP contribution in [0.4, 0.5) is 4.79 Å². The van der Waals surface area contributed by atoms with Crippen LogP contribution >= 0.6 is 0 Å². The van der Waals surface area contributed by atoms with E-state index in [0.29, 0.717) is 56.0 Å². The van der Waals surface area contributed by atoms with E-state index in [2.05, 4.69) is 11.1 Å². The van der Waals surface area contributed by atoms with E-state index < -0.39 is 11.5 Å². The van der Waals surface area contributed by atoms with Crippen LogP contribution in [-0.4, -0.2) is 77.7 Å². The highest BCUT2D eigenvalue weighted by Gasteiger charge is 2.28. The topological polar surface area (TPSA) is 118 Å². The second-order valence-corrected chi connectivity index (χ2v) is 10.9. The first-order valence-electron chi connectivity index (χ1n) is 12.8. The summed E-state index contributed by atoms with van der Waals surface area (Å²) in [6, 6.07) is 9.59. The number of nitrogens with zero attached hydrogens (tertiary/aromatic N) is 2. The van der Waals surface area contributed by atoms with Gasteiger partial charge in [-0.15, -0.1) is 0 Å². The minimum atomic E-state index is -0.530. The molecule has 9 nitrogen and oxygen atoms in total. The number of primary amides is 1. The summed E-state index contributed by atoms with van der Waals surface area (Å²) in [6.45, 7) is 9.00. The Labute approximate surface area is 215 Å². The molecule has 2 aliphatic rings. The van der Waals surface area contributed by atoms with Crippen LogP contribution in [0.15, 0.2) is 30.3 Å². The van der Waals surface area contributed by atoms with Crippen molar-refractivity contribution < 1.29 is 23.9 Å². The Morgan fingerprint density at radius 2 is 1.68 bits per heavy atom. The highest BCUT2D eigenvalue weighted by atomic mass is 16.6. The van der Waals surface area contributed by atoms with Gasteiger partial charge in [0.05, 0.1) is 24.3 Å². The highest BCUT2D eigenvalue weighted by molar-refractivity contribution is 6.16. The van der Waals surface area contributed by atoms with Crippen molar-refractivity contribution in [3.05, 3.63) is 47.0 Å². The summed E-state index contributed by atoms with van der Waals surface area (Å²) in [5.41, 5.74) is 8.78. The molecule has 3 N–H and O–H groups in total. The zero-order chi connectivity index (χ0) is 26.3. The number of ether oxygens (including phenoxy) is 2. The van der Waals surface area contributed by atoms with Crippen molar-refractivity contribution in [3.63, 3.8) is 0 Å². The normalized spacial score (nSPS) is 17.4. The molecule has 37 heavy (non-hydrogen) atoms. The first-order valence-corrected chi connectivity index (χ1v) is 12.8. The van der Waals surface area contributed by atoms with E-state index in [4.69, 9.17) is 15.2 Å². The molecule has 2 saturated heterocycles. The molecule has 196 valence electrons. The molecule has 3 aromatic rings. The number of aromatic amines is 1. The molecule has 0 unspecified atom stereocenters. The molecule has 1 aromatic heterocycles. The number of H-pyrrole nitrogens is 1. The standard InChI is InChI=1S/C28H34N4O5/c1-28(2,3)37-27(35)32-8-6-17(7-9-32)19-14-21-20-5-4-18(26(34)31-10-12-36-13-11-31)16-23(20)30-24(21)22(15-19)25(29)33/h4-5,14-17,30H,6-13H2,1-3H3,(H2,29,33). The fraction of sp³-hybridized carbons (Fsp3) is 0.464. The Balaban J connectivity index is 1.43. The van der Waals surface area contributed by atoms with Crippen molar-refractivity contribution in [2.45, 2.75) is 45.1 Å². The van der Waals surface area contributed by atoms with Gasteiger partial charge in [-0.1, -0.05) is 6.07 Å². The van der Waals surface area contributed by atoms with E-state index >= 15 is 0 Å². The number of hydrogen-bond acceptors (Lipinski definition) is 5. The molecule has 9 heteroatoms. The Hall–Kier alpha value is -3.59. The molecule has 5 rings (SSSR count).